The second-order valence-electron chi connectivity index (χ2n) is 10.7. The van der Waals surface area contributed by atoms with Gasteiger partial charge in [-0.25, -0.2) is 4.79 Å². The second-order valence-corrected chi connectivity index (χ2v) is 10.7. The van der Waals surface area contributed by atoms with Crippen LogP contribution in [0.5, 0.6) is 11.5 Å². The number of methoxy groups -OCH3 is 2. The molecule has 1 saturated heterocycles. The summed E-state index contributed by atoms with van der Waals surface area (Å²) in [7, 11) is 3.29. The average Bonchev–Trinajstić information content (AvgIpc) is 3.56. The molecule has 3 aromatic carbocycles. The monoisotopic (exact) mass is 552 g/mol. The Hall–Kier alpha value is -4.46. The largest absolute Gasteiger partial charge is 0.497 e. The molecule has 212 valence electrons. The third-order valence-corrected chi connectivity index (χ3v) is 8.50. The number of ether oxygens (including phenoxy) is 2. The van der Waals surface area contributed by atoms with Gasteiger partial charge in [0.15, 0.2) is 0 Å². The number of rotatable bonds is 8. The lowest BCUT2D eigenvalue weighted by Crippen LogP contribution is -2.41. The molecule has 5 aromatic rings. The van der Waals surface area contributed by atoms with Crippen molar-refractivity contribution >= 4 is 27.8 Å². The van der Waals surface area contributed by atoms with E-state index in [9.17, 15) is 9.59 Å². The van der Waals surface area contributed by atoms with Crippen molar-refractivity contribution in [2.24, 2.45) is 0 Å². The van der Waals surface area contributed by atoms with Gasteiger partial charge in [0.05, 0.1) is 25.3 Å². The van der Waals surface area contributed by atoms with Crippen molar-refractivity contribution in [1.82, 2.24) is 19.0 Å². The topological polar surface area (TPSA) is 81.5 Å². The number of imidazole rings is 1. The van der Waals surface area contributed by atoms with Crippen LogP contribution >= 0.6 is 0 Å². The number of carbonyl (C=O) groups is 1. The number of aromatic amines is 1. The molecule has 1 aliphatic rings. The normalized spacial score (nSPS) is 15.0. The Balaban J connectivity index is 1.30. The van der Waals surface area contributed by atoms with E-state index in [1.54, 1.807) is 14.2 Å². The van der Waals surface area contributed by atoms with Gasteiger partial charge in [0.2, 0.25) is 5.91 Å². The predicted molar refractivity (Wildman–Crippen MR) is 161 cm³/mol. The first kappa shape index (κ1) is 26.7. The Bertz CT molecular complexity index is 1730. The van der Waals surface area contributed by atoms with Gasteiger partial charge in [0.25, 0.3) is 0 Å². The standard InChI is InChI=1S/C33H36N4O4/c1-4-35-21-28(26-9-5-7-11-30(26)35)27(22-17-24(40-2)19-25(18-22)41-3)20-32(38)36-15-13-23(14-16-36)37-31-12-8-6-10-29(31)34-33(37)39/h5-12,17-19,21,23,27H,4,13-16,20H2,1-3H3,(H,34,39). The molecule has 1 N–H and O–H groups in total. The van der Waals surface area contributed by atoms with Crippen molar-refractivity contribution in [3.63, 3.8) is 0 Å². The van der Waals surface area contributed by atoms with E-state index in [-0.39, 0.29) is 23.6 Å². The number of nitrogens with zero attached hydrogens (tertiary/aromatic N) is 3. The van der Waals surface area contributed by atoms with Crippen LogP contribution in [0.3, 0.4) is 0 Å². The lowest BCUT2D eigenvalue weighted by Gasteiger charge is -2.33. The Kier molecular flexibility index (Phi) is 7.30. The fraction of sp³-hybridized carbons (Fsp3) is 0.333. The van der Waals surface area contributed by atoms with Gasteiger partial charge in [0.1, 0.15) is 11.5 Å². The van der Waals surface area contributed by atoms with Gasteiger partial charge in [-0.1, -0.05) is 30.3 Å². The highest BCUT2D eigenvalue weighted by Crippen LogP contribution is 2.38. The number of H-pyrrole nitrogens is 1. The summed E-state index contributed by atoms with van der Waals surface area (Å²) in [6, 6.07) is 22.1. The molecule has 3 heterocycles. The van der Waals surface area contributed by atoms with E-state index in [1.807, 2.05) is 58.0 Å². The van der Waals surface area contributed by atoms with E-state index in [0.29, 0.717) is 31.0 Å². The van der Waals surface area contributed by atoms with E-state index in [0.717, 1.165) is 52.4 Å². The van der Waals surface area contributed by atoms with E-state index in [4.69, 9.17) is 9.47 Å². The van der Waals surface area contributed by atoms with Gasteiger partial charge in [0, 0.05) is 61.2 Å². The first-order valence-electron chi connectivity index (χ1n) is 14.3. The van der Waals surface area contributed by atoms with Crippen molar-refractivity contribution in [2.45, 2.75) is 44.7 Å². The van der Waals surface area contributed by atoms with Gasteiger partial charge >= 0.3 is 5.69 Å². The Morgan fingerprint density at radius 3 is 2.29 bits per heavy atom. The molecule has 0 radical (unpaired) electrons. The molecule has 1 amide bonds. The molecule has 0 spiro atoms. The summed E-state index contributed by atoms with van der Waals surface area (Å²) < 4.78 is 15.3. The summed E-state index contributed by atoms with van der Waals surface area (Å²) >= 11 is 0. The molecule has 41 heavy (non-hydrogen) atoms. The summed E-state index contributed by atoms with van der Waals surface area (Å²) in [5, 5.41) is 1.14. The van der Waals surface area contributed by atoms with Gasteiger partial charge in [-0.05, 0) is 61.2 Å². The zero-order valence-corrected chi connectivity index (χ0v) is 23.8. The molecule has 1 aliphatic heterocycles. The maximum absolute atomic E-state index is 13.9. The molecule has 0 saturated carbocycles. The van der Waals surface area contributed by atoms with Crippen LogP contribution < -0.4 is 15.2 Å². The van der Waals surface area contributed by atoms with Crippen molar-refractivity contribution in [3.05, 3.63) is 94.5 Å². The first-order chi connectivity index (χ1) is 20.0. The van der Waals surface area contributed by atoms with Crippen LogP contribution in [0.2, 0.25) is 0 Å². The highest BCUT2D eigenvalue weighted by atomic mass is 16.5. The van der Waals surface area contributed by atoms with Crippen LogP contribution in [0.25, 0.3) is 21.9 Å². The average molecular weight is 553 g/mol. The Labute approximate surface area is 239 Å². The van der Waals surface area contributed by atoms with Crippen LogP contribution in [0.4, 0.5) is 0 Å². The fourth-order valence-electron chi connectivity index (χ4n) is 6.37. The van der Waals surface area contributed by atoms with E-state index in [2.05, 4.69) is 40.9 Å². The number of aromatic nitrogens is 3. The fourth-order valence-corrected chi connectivity index (χ4v) is 6.37. The molecular weight excluding hydrogens is 516 g/mol. The summed E-state index contributed by atoms with van der Waals surface area (Å²) in [4.78, 5) is 31.6. The summed E-state index contributed by atoms with van der Waals surface area (Å²) in [6.45, 7) is 4.19. The molecule has 6 rings (SSSR count). The van der Waals surface area contributed by atoms with Gasteiger partial charge < -0.3 is 23.9 Å². The Morgan fingerprint density at radius 2 is 1.61 bits per heavy atom. The first-order valence-corrected chi connectivity index (χ1v) is 14.3. The van der Waals surface area contributed by atoms with Crippen LogP contribution in [0.15, 0.2) is 77.7 Å². The third kappa shape index (κ3) is 4.99. The lowest BCUT2D eigenvalue weighted by molar-refractivity contribution is -0.132. The number of amides is 1. The number of benzene rings is 3. The van der Waals surface area contributed by atoms with Crippen molar-refractivity contribution in [1.29, 1.82) is 0 Å². The van der Waals surface area contributed by atoms with E-state index in [1.165, 1.54) is 0 Å². The highest BCUT2D eigenvalue weighted by Gasteiger charge is 2.30. The van der Waals surface area contributed by atoms with Crippen LogP contribution in [0, 0.1) is 0 Å². The highest BCUT2D eigenvalue weighted by molar-refractivity contribution is 5.87. The smallest absolute Gasteiger partial charge is 0.326 e. The number of hydrogen-bond donors (Lipinski definition) is 1. The zero-order chi connectivity index (χ0) is 28.5. The number of aryl methyl sites for hydroxylation is 1. The molecule has 1 fully saturated rings. The number of piperidine rings is 1. The third-order valence-electron chi connectivity index (χ3n) is 8.50. The van der Waals surface area contributed by atoms with Crippen molar-refractivity contribution in [2.75, 3.05) is 27.3 Å². The molecule has 1 unspecified atom stereocenters. The maximum Gasteiger partial charge on any atom is 0.326 e. The van der Waals surface area contributed by atoms with Gasteiger partial charge in [-0.15, -0.1) is 0 Å². The minimum atomic E-state index is -0.182. The number of likely N-dealkylation sites (tertiary alicyclic amines) is 1. The molecule has 0 bridgehead atoms. The minimum absolute atomic E-state index is 0.0590. The number of para-hydroxylation sites is 3. The van der Waals surface area contributed by atoms with Crippen LogP contribution in [-0.2, 0) is 11.3 Å². The van der Waals surface area contributed by atoms with Crippen molar-refractivity contribution in [3.8, 4) is 11.5 Å². The summed E-state index contributed by atoms with van der Waals surface area (Å²) in [5.41, 5.74) is 4.93. The van der Waals surface area contributed by atoms with Gasteiger partial charge in [-0.3, -0.25) is 9.36 Å². The molecule has 1 atom stereocenters. The summed E-state index contributed by atoms with van der Waals surface area (Å²) in [6.07, 6.45) is 3.98. The second kappa shape index (κ2) is 11.2. The SMILES string of the molecule is CCn1cc(C(CC(=O)N2CCC(n3c(=O)[nH]c4ccccc43)CC2)c2cc(OC)cc(OC)c2)c2ccccc21. The number of fused-ring (bicyclic) bond motifs is 2. The maximum atomic E-state index is 13.9. The molecule has 8 nitrogen and oxygen atoms in total. The number of nitrogens with one attached hydrogen (secondary N) is 1. The predicted octanol–water partition coefficient (Wildman–Crippen LogP) is 5.71. The number of hydrogen-bond acceptors (Lipinski definition) is 4. The van der Waals surface area contributed by atoms with E-state index >= 15 is 0 Å². The van der Waals surface area contributed by atoms with Gasteiger partial charge in [-0.2, -0.15) is 0 Å². The van der Waals surface area contributed by atoms with Crippen molar-refractivity contribution < 1.29 is 14.3 Å². The molecule has 8 heteroatoms. The lowest BCUT2D eigenvalue weighted by atomic mass is 9.87. The number of carbonyl (C=O) groups excluding carboxylic acids is 1. The Morgan fingerprint density at radius 1 is 0.951 bits per heavy atom. The molecule has 2 aromatic heterocycles. The molecular formula is C33H36N4O4. The van der Waals surface area contributed by atoms with Crippen LogP contribution in [0.1, 0.15) is 49.3 Å². The molecule has 0 aliphatic carbocycles. The summed E-state index contributed by atoms with van der Waals surface area (Å²) in [5.74, 6) is 1.31. The van der Waals surface area contributed by atoms with Crippen LogP contribution in [-0.4, -0.2) is 52.2 Å². The quantitative estimate of drug-likeness (QED) is 0.268. The zero-order valence-electron chi connectivity index (χ0n) is 23.8. The van der Waals surface area contributed by atoms with E-state index < -0.39 is 0 Å². The minimum Gasteiger partial charge on any atom is -0.497 e.